The van der Waals surface area contributed by atoms with Crippen LogP contribution in [0.1, 0.15) is 13.8 Å². The van der Waals surface area contributed by atoms with Gasteiger partial charge in [0.1, 0.15) is 5.75 Å². The molecule has 0 aliphatic heterocycles. The number of thioether (sulfide) groups is 1. The molecule has 88 valence electrons. The Morgan fingerprint density at radius 2 is 1.88 bits per heavy atom. The Labute approximate surface area is 99.1 Å². The highest BCUT2D eigenvalue weighted by Crippen LogP contribution is 2.27. The Hall–Kier alpha value is -1.23. The topological polar surface area (TPSA) is 52.4 Å². The van der Waals surface area contributed by atoms with Gasteiger partial charge in [0.2, 0.25) is 6.04 Å². The lowest BCUT2D eigenvalue weighted by molar-refractivity contribution is -0.516. The molecule has 1 aromatic carbocycles. The third-order valence-corrected chi connectivity index (χ3v) is 3.70. The van der Waals surface area contributed by atoms with E-state index < -0.39 is 6.04 Å². The highest BCUT2D eigenvalue weighted by molar-refractivity contribution is 8.00. The van der Waals surface area contributed by atoms with Crippen molar-refractivity contribution >= 4 is 11.8 Å². The molecular weight excluding hydrogens is 226 g/mol. The molecule has 1 aromatic rings. The van der Waals surface area contributed by atoms with Crippen LogP contribution in [0.3, 0.4) is 0 Å². The normalized spacial score (nSPS) is 14.2. The first-order valence-corrected chi connectivity index (χ1v) is 5.86. The molecule has 0 spiro atoms. The first kappa shape index (κ1) is 12.8. The molecule has 0 bridgehead atoms. The second kappa shape index (κ2) is 5.75. The second-order valence-corrected chi connectivity index (χ2v) is 4.98. The lowest BCUT2D eigenvalue weighted by Crippen LogP contribution is -2.25. The fourth-order valence-corrected chi connectivity index (χ4v) is 2.16. The zero-order valence-electron chi connectivity index (χ0n) is 9.54. The molecule has 0 amide bonds. The summed E-state index contributed by atoms with van der Waals surface area (Å²) < 4.78 is 5.04. The van der Waals surface area contributed by atoms with E-state index in [-0.39, 0.29) is 10.2 Å². The van der Waals surface area contributed by atoms with Crippen molar-refractivity contribution < 1.29 is 9.66 Å². The van der Waals surface area contributed by atoms with Gasteiger partial charge >= 0.3 is 0 Å². The van der Waals surface area contributed by atoms with Crippen molar-refractivity contribution in [2.24, 2.45) is 0 Å². The van der Waals surface area contributed by atoms with Crippen LogP contribution in [0.2, 0.25) is 0 Å². The number of methoxy groups -OCH3 is 1. The smallest absolute Gasteiger partial charge is 0.222 e. The number of benzene rings is 1. The molecule has 0 saturated heterocycles. The van der Waals surface area contributed by atoms with Crippen LogP contribution in [0.15, 0.2) is 29.2 Å². The lowest BCUT2D eigenvalue weighted by atomic mass is 10.3. The van der Waals surface area contributed by atoms with Gasteiger partial charge in [0.15, 0.2) is 0 Å². The standard InChI is InChI=1S/C11H15NO3S/c1-8(12(13)14)9(2)16-11-6-4-10(15-3)5-7-11/h4-9H,1-3H3/t8-,9+/m0/s1. The molecule has 0 aliphatic carbocycles. The van der Waals surface area contributed by atoms with Crippen LogP contribution in [0.4, 0.5) is 0 Å². The minimum absolute atomic E-state index is 0.0524. The molecule has 0 heterocycles. The Balaban J connectivity index is 2.62. The number of hydrogen-bond acceptors (Lipinski definition) is 4. The molecule has 4 nitrogen and oxygen atoms in total. The summed E-state index contributed by atoms with van der Waals surface area (Å²) in [5.41, 5.74) is 0. The predicted octanol–water partition coefficient (Wildman–Crippen LogP) is 2.84. The Morgan fingerprint density at radius 3 is 2.31 bits per heavy atom. The van der Waals surface area contributed by atoms with E-state index in [2.05, 4.69) is 0 Å². The van der Waals surface area contributed by atoms with Crippen LogP contribution in [0, 0.1) is 10.1 Å². The number of hydrogen-bond donors (Lipinski definition) is 0. The van der Waals surface area contributed by atoms with Crippen molar-refractivity contribution in [2.45, 2.75) is 30.0 Å². The van der Waals surface area contributed by atoms with Crippen LogP contribution in [-0.2, 0) is 0 Å². The molecule has 5 heteroatoms. The van der Waals surface area contributed by atoms with Crippen molar-refractivity contribution in [1.82, 2.24) is 0 Å². The van der Waals surface area contributed by atoms with E-state index in [1.54, 1.807) is 14.0 Å². The SMILES string of the molecule is COc1ccc(S[C@H](C)[C@H](C)[N+](=O)[O-])cc1. The first-order valence-electron chi connectivity index (χ1n) is 4.98. The average Bonchev–Trinajstić information content (AvgIpc) is 2.28. The average molecular weight is 241 g/mol. The van der Waals surface area contributed by atoms with Gasteiger partial charge in [0, 0.05) is 16.7 Å². The molecule has 0 unspecified atom stereocenters. The number of ether oxygens (including phenoxy) is 1. The largest absolute Gasteiger partial charge is 0.497 e. The van der Waals surface area contributed by atoms with Gasteiger partial charge in [-0.3, -0.25) is 10.1 Å². The zero-order chi connectivity index (χ0) is 12.1. The summed E-state index contributed by atoms with van der Waals surface area (Å²) >= 11 is 1.50. The van der Waals surface area contributed by atoms with Gasteiger partial charge in [-0.15, -0.1) is 11.8 Å². The van der Waals surface area contributed by atoms with E-state index in [4.69, 9.17) is 4.74 Å². The molecule has 0 aromatic heterocycles. The molecule has 0 aliphatic rings. The first-order chi connectivity index (χ1) is 7.54. The van der Waals surface area contributed by atoms with Crippen LogP contribution in [0.25, 0.3) is 0 Å². The van der Waals surface area contributed by atoms with Crippen molar-refractivity contribution in [3.05, 3.63) is 34.4 Å². The second-order valence-electron chi connectivity index (χ2n) is 3.52. The molecule has 0 radical (unpaired) electrons. The van der Waals surface area contributed by atoms with E-state index in [0.29, 0.717) is 0 Å². The van der Waals surface area contributed by atoms with Crippen LogP contribution < -0.4 is 4.74 Å². The van der Waals surface area contributed by atoms with Gasteiger partial charge in [0.05, 0.1) is 12.4 Å². The minimum Gasteiger partial charge on any atom is -0.497 e. The summed E-state index contributed by atoms with van der Waals surface area (Å²) in [4.78, 5) is 11.4. The van der Waals surface area contributed by atoms with E-state index >= 15 is 0 Å². The highest BCUT2D eigenvalue weighted by atomic mass is 32.2. The summed E-state index contributed by atoms with van der Waals surface area (Å²) in [5, 5.41) is 10.6. The quantitative estimate of drug-likeness (QED) is 0.452. The van der Waals surface area contributed by atoms with E-state index in [1.165, 1.54) is 11.8 Å². The van der Waals surface area contributed by atoms with Gasteiger partial charge in [-0.1, -0.05) is 0 Å². The third kappa shape index (κ3) is 3.41. The number of rotatable bonds is 5. The van der Waals surface area contributed by atoms with Crippen molar-refractivity contribution in [3.8, 4) is 5.75 Å². The van der Waals surface area contributed by atoms with Crippen molar-refractivity contribution in [2.75, 3.05) is 7.11 Å². The highest BCUT2D eigenvalue weighted by Gasteiger charge is 2.22. The van der Waals surface area contributed by atoms with Crippen LogP contribution in [0.5, 0.6) is 5.75 Å². The molecule has 1 rings (SSSR count). The van der Waals surface area contributed by atoms with Gasteiger partial charge in [0.25, 0.3) is 0 Å². The summed E-state index contributed by atoms with van der Waals surface area (Å²) in [7, 11) is 1.61. The van der Waals surface area contributed by atoms with Crippen LogP contribution in [-0.4, -0.2) is 23.3 Å². The predicted molar refractivity (Wildman–Crippen MR) is 64.8 cm³/mol. The van der Waals surface area contributed by atoms with Gasteiger partial charge < -0.3 is 4.74 Å². The third-order valence-electron chi connectivity index (χ3n) is 2.39. The van der Waals surface area contributed by atoms with Crippen molar-refractivity contribution in [3.63, 3.8) is 0 Å². The summed E-state index contributed by atoms with van der Waals surface area (Å²) in [6.45, 7) is 3.49. The summed E-state index contributed by atoms with van der Waals surface area (Å²) in [5.74, 6) is 0.791. The van der Waals surface area contributed by atoms with Crippen molar-refractivity contribution in [1.29, 1.82) is 0 Å². The lowest BCUT2D eigenvalue weighted by Gasteiger charge is -2.12. The van der Waals surface area contributed by atoms with Gasteiger partial charge in [-0.05, 0) is 31.2 Å². The maximum absolute atomic E-state index is 10.6. The molecule has 0 saturated carbocycles. The van der Waals surface area contributed by atoms with Crippen LogP contribution >= 0.6 is 11.8 Å². The molecule has 0 N–H and O–H groups in total. The number of nitrogens with zero attached hydrogens (tertiary/aromatic N) is 1. The van der Waals surface area contributed by atoms with Gasteiger partial charge in [-0.25, -0.2) is 0 Å². The van der Waals surface area contributed by atoms with E-state index in [9.17, 15) is 10.1 Å². The van der Waals surface area contributed by atoms with Gasteiger partial charge in [-0.2, -0.15) is 0 Å². The number of nitro groups is 1. The Kier molecular flexibility index (Phi) is 4.61. The van der Waals surface area contributed by atoms with E-state index in [1.807, 2.05) is 31.2 Å². The monoisotopic (exact) mass is 241 g/mol. The molecular formula is C11H15NO3S. The molecule has 16 heavy (non-hydrogen) atoms. The Morgan fingerprint density at radius 1 is 1.31 bits per heavy atom. The summed E-state index contributed by atoms with van der Waals surface area (Å²) in [6.07, 6.45) is 0. The fraction of sp³-hybridized carbons (Fsp3) is 0.455. The molecule has 0 fully saturated rings. The maximum Gasteiger partial charge on any atom is 0.222 e. The zero-order valence-corrected chi connectivity index (χ0v) is 10.4. The summed E-state index contributed by atoms with van der Waals surface area (Å²) in [6, 6.07) is 6.98. The maximum atomic E-state index is 10.6. The molecule has 2 atom stereocenters. The Bertz CT molecular complexity index is 353. The minimum atomic E-state index is -0.549. The van der Waals surface area contributed by atoms with E-state index in [0.717, 1.165) is 10.6 Å². The fourth-order valence-electron chi connectivity index (χ4n) is 1.14.